The van der Waals surface area contributed by atoms with Gasteiger partial charge in [-0.05, 0) is 39.3 Å². The second-order valence-corrected chi connectivity index (χ2v) is 18.4. The van der Waals surface area contributed by atoms with Crippen molar-refractivity contribution in [3.05, 3.63) is 0 Å². The Bertz CT molecular complexity index is 345. The maximum Gasteiger partial charge on any atom is 0.120 e. The van der Waals surface area contributed by atoms with E-state index in [0.717, 1.165) is 24.3 Å². The molecular formula is C12H24O4P2S8. The second kappa shape index (κ2) is 24.3. The first-order valence-corrected chi connectivity index (χ1v) is 20.0. The monoisotopic (exact) mass is 550 g/mol. The van der Waals surface area contributed by atoms with Crippen LogP contribution in [0.25, 0.3) is 0 Å². The Morgan fingerprint density at radius 2 is 1.12 bits per heavy atom. The SMILES string of the molecule is COCCO[P+]([S-])=CCCSSSSSSCCC=[P+]([S-])OCCOC. The molecule has 14 heteroatoms. The molecular weight excluding hydrogens is 527 g/mol. The van der Waals surface area contributed by atoms with Crippen LogP contribution >= 0.6 is 74.8 Å². The molecule has 0 aromatic rings. The van der Waals surface area contributed by atoms with Gasteiger partial charge < -0.3 is 34.0 Å². The molecule has 0 saturated heterocycles. The lowest BCUT2D eigenvalue weighted by Gasteiger charge is -2.00. The van der Waals surface area contributed by atoms with Gasteiger partial charge in [-0.1, -0.05) is 21.6 Å². The van der Waals surface area contributed by atoms with Crippen LogP contribution in [0.3, 0.4) is 0 Å². The first-order chi connectivity index (χ1) is 12.7. The van der Waals surface area contributed by atoms with Crippen LogP contribution in [0, 0.1) is 0 Å². The predicted molar refractivity (Wildman–Crippen MR) is 141 cm³/mol. The van der Waals surface area contributed by atoms with Crippen molar-refractivity contribution in [2.24, 2.45) is 0 Å². The molecule has 0 heterocycles. The largest absolute Gasteiger partial charge is 0.457 e. The highest BCUT2D eigenvalue weighted by Crippen LogP contribution is 2.52. The number of hydrogen-bond donors (Lipinski definition) is 0. The highest BCUT2D eigenvalue weighted by molar-refractivity contribution is 9.41. The highest BCUT2D eigenvalue weighted by Gasteiger charge is 1.99. The Hall–Kier alpha value is 2.98. The van der Waals surface area contributed by atoms with Gasteiger partial charge in [-0.3, -0.25) is 0 Å². The van der Waals surface area contributed by atoms with E-state index in [4.69, 9.17) is 43.0 Å². The molecule has 0 N–H and O–H groups in total. The predicted octanol–water partition coefficient (Wildman–Crippen LogP) is 6.39. The molecule has 2 atom stereocenters. The van der Waals surface area contributed by atoms with Crippen molar-refractivity contribution in [2.45, 2.75) is 12.8 Å². The molecule has 0 fully saturated rings. The minimum atomic E-state index is -0.826. The maximum absolute atomic E-state index is 5.46. The average Bonchev–Trinajstić information content (AvgIpc) is 2.63. The van der Waals surface area contributed by atoms with Crippen LogP contribution in [0.2, 0.25) is 0 Å². The van der Waals surface area contributed by atoms with Crippen molar-refractivity contribution in [1.82, 2.24) is 0 Å². The van der Waals surface area contributed by atoms with Crippen molar-refractivity contribution in [3.8, 4) is 0 Å². The standard InChI is InChI=1S/C12H24O4P2S8/c1-13-5-7-15-17(19)9-3-11-21-23-25-26-24-22-12-4-10-18(20)16-8-6-14-2/h9-10H,3-8,11-12H2,1-2H3. The fourth-order valence-corrected chi connectivity index (χ4v) is 15.3. The van der Waals surface area contributed by atoms with Crippen LogP contribution in [0.1, 0.15) is 12.8 Å². The number of hydrogen-bond acceptors (Lipinski definition) is 12. The lowest BCUT2D eigenvalue weighted by Crippen LogP contribution is -1.96. The van der Waals surface area contributed by atoms with Gasteiger partial charge in [0.15, 0.2) is 0 Å². The zero-order valence-corrected chi connectivity index (χ0v) is 22.9. The van der Waals surface area contributed by atoms with Crippen LogP contribution in [-0.2, 0) is 43.0 Å². The number of ether oxygens (including phenoxy) is 2. The smallest absolute Gasteiger partial charge is 0.120 e. The molecule has 0 amide bonds. The molecule has 2 unspecified atom stereocenters. The molecule has 26 heavy (non-hydrogen) atoms. The third-order valence-electron chi connectivity index (χ3n) is 2.15. The summed E-state index contributed by atoms with van der Waals surface area (Å²) in [5.74, 6) is 6.30. The summed E-state index contributed by atoms with van der Waals surface area (Å²) in [5.41, 5.74) is 0. The van der Waals surface area contributed by atoms with E-state index >= 15 is 0 Å². The second-order valence-electron chi connectivity index (χ2n) is 4.08. The van der Waals surface area contributed by atoms with E-state index in [9.17, 15) is 0 Å². The van der Waals surface area contributed by atoms with Gasteiger partial charge in [0.2, 0.25) is 0 Å². The van der Waals surface area contributed by atoms with E-state index < -0.39 is 13.9 Å². The molecule has 0 radical (unpaired) electrons. The summed E-state index contributed by atoms with van der Waals surface area (Å²) in [6.45, 7) is 0.718. The lowest BCUT2D eigenvalue weighted by molar-refractivity contribution is 0.156. The molecule has 0 aromatic carbocycles. The lowest BCUT2D eigenvalue weighted by atomic mass is 10.6. The maximum atomic E-state index is 5.46. The van der Waals surface area contributed by atoms with Gasteiger partial charge in [-0.25, -0.2) is 9.05 Å². The van der Waals surface area contributed by atoms with Crippen LogP contribution in [0.5, 0.6) is 0 Å². The third kappa shape index (κ3) is 23.3. The Balaban J connectivity index is 3.31. The third-order valence-corrected chi connectivity index (χ3v) is 16.6. The van der Waals surface area contributed by atoms with Crippen molar-refractivity contribution in [2.75, 3.05) is 52.2 Å². The Morgan fingerprint density at radius 3 is 1.50 bits per heavy atom. The molecule has 0 spiro atoms. The van der Waals surface area contributed by atoms with Gasteiger partial charge in [0.25, 0.3) is 0 Å². The van der Waals surface area contributed by atoms with Crippen molar-refractivity contribution >= 4 is 111 Å². The van der Waals surface area contributed by atoms with E-state index in [1.165, 1.54) is 0 Å². The molecule has 0 bridgehead atoms. The van der Waals surface area contributed by atoms with E-state index in [1.807, 2.05) is 41.2 Å². The topological polar surface area (TPSA) is 36.9 Å². The van der Waals surface area contributed by atoms with Crippen molar-refractivity contribution in [1.29, 1.82) is 0 Å². The summed E-state index contributed by atoms with van der Waals surface area (Å²) in [7, 11) is 14.2. The Kier molecular flexibility index (Phi) is 27.0. The highest BCUT2D eigenvalue weighted by atomic mass is 33.9. The summed E-state index contributed by atoms with van der Waals surface area (Å²) in [4.78, 5) is 0. The molecule has 0 aliphatic rings. The molecule has 0 aliphatic heterocycles. The Morgan fingerprint density at radius 1 is 0.692 bits per heavy atom. The van der Waals surface area contributed by atoms with Gasteiger partial charge in [0.1, 0.15) is 27.2 Å². The minimum Gasteiger partial charge on any atom is -0.457 e. The molecule has 154 valence electrons. The summed E-state index contributed by atoms with van der Waals surface area (Å²) in [5, 5.41) is 0. The summed E-state index contributed by atoms with van der Waals surface area (Å²) in [6, 6.07) is 0. The van der Waals surface area contributed by atoms with Gasteiger partial charge in [0, 0.05) is 38.6 Å². The average molecular weight is 551 g/mol. The molecule has 4 nitrogen and oxygen atoms in total. The molecule has 0 saturated carbocycles. The van der Waals surface area contributed by atoms with Crippen LogP contribution < -0.4 is 0 Å². The minimum absolute atomic E-state index is 0.582. The van der Waals surface area contributed by atoms with Gasteiger partial charge in [-0.15, -0.1) is 0 Å². The van der Waals surface area contributed by atoms with E-state index in [2.05, 4.69) is 11.6 Å². The van der Waals surface area contributed by atoms with Crippen LogP contribution in [-0.4, -0.2) is 63.7 Å². The van der Waals surface area contributed by atoms with Crippen molar-refractivity contribution < 1.29 is 18.5 Å². The molecule has 0 rings (SSSR count). The van der Waals surface area contributed by atoms with E-state index in [1.54, 1.807) is 33.9 Å². The first-order valence-electron chi connectivity index (χ1n) is 7.45. The Labute approximate surface area is 192 Å². The number of methoxy groups -OCH3 is 2. The zero-order chi connectivity index (χ0) is 19.3. The fourth-order valence-electron chi connectivity index (χ4n) is 1.07. The van der Waals surface area contributed by atoms with Gasteiger partial charge >= 0.3 is 0 Å². The summed E-state index contributed by atoms with van der Waals surface area (Å²) >= 11 is 10.5. The molecule has 0 aliphatic carbocycles. The van der Waals surface area contributed by atoms with Gasteiger partial charge in [-0.2, -0.15) is 0 Å². The van der Waals surface area contributed by atoms with E-state index in [-0.39, 0.29) is 0 Å². The summed E-state index contributed by atoms with van der Waals surface area (Å²) in [6.07, 6.45) is 1.97. The first kappa shape index (κ1) is 29.0. The van der Waals surface area contributed by atoms with Gasteiger partial charge in [0.05, 0.1) is 24.8 Å². The number of rotatable bonds is 19. The fraction of sp³-hybridized carbons (Fsp3) is 0.833. The van der Waals surface area contributed by atoms with Crippen LogP contribution in [0.4, 0.5) is 0 Å². The van der Waals surface area contributed by atoms with E-state index in [0.29, 0.717) is 26.4 Å². The normalized spacial score (nSPS) is 12.8. The quantitative estimate of drug-likeness (QED) is 0.0774. The van der Waals surface area contributed by atoms with Crippen LogP contribution in [0.15, 0.2) is 0 Å². The van der Waals surface area contributed by atoms with Crippen molar-refractivity contribution in [3.63, 3.8) is 0 Å². The molecule has 0 aromatic heterocycles. The zero-order valence-electron chi connectivity index (χ0n) is 14.6. The summed E-state index contributed by atoms with van der Waals surface area (Å²) < 4.78 is 20.8.